The molecule has 4 rings (SSSR count). The summed E-state index contributed by atoms with van der Waals surface area (Å²) in [4.78, 5) is 21.9. The third-order valence-electron chi connectivity index (χ3n) is 6.96. The zero-order valence-corrected chi connectivity index (χ0v) is 20.8. The molecule has 1 heterocycles. The number of nitrogens with zero attached hydrogens (tertiary/aromatic N) is 2. The standard InChI is InChI=1S/C28H29F4N3O2/c1-16-20(25(30)27(32)26(31)24(16)29)14-23(36)35-28-21(13-8-17-6-4-3-5-7-17)34-22(15-33-28)18-9-11-19(37-2)12-10-18/h9-12,15,17H,3-8,13-14H2,1-2H3,(H,33,35,36). The second-order valence-electron chi connectivity index (χ2n) is 9.41. The number of ether oxygens (including phenoxy) is 1. The Morgan fingerprint density at radius 3 is 2.35 bits per heavy atom. The summed E-state index contributed by atoms with van der Waals surface area (Å²) >= 11 is 0. The van der Waals surface area contributed by atoms with Crippen molar-refractivity contribution < 1.29 is 27.1 Å². The molecule has 1 N–H and O–H groups in total. The van der Waals surface area contributed by atoms with Gasteiger partial charge in [-0.25, -0.2) is 27.5 Å². The Balaban J connectivity index is 1.58. The van der Waals surface area contributed by atoms with E-state index in [1.54, 1.807) is 7.11 Å². The Labute approximate surface area is 213 Å². The van der Waals surface area contributed by atoms with Crippen LogP contribution in [0.25, 0.3) is 11.3 Å². The third kappa shape index (κ3) is 6.09. The van der Waals surface area contributed by atoms with Crippen molar-refractivity contribution in [2.45, 2.75) is 58.3 Å². The van der Waals surface area contributed by atoms with E-state index < -0.39 is 46.7 Å². The van der Waals surface area contributed by atoms with Crippen LogP contribution in [0.1, 0.15) is 55.3 Å². The second kappa shape index (κ2) is 11.7. The van der Waals surface area contributed by atoms with Crippen molar-refractivity contribution in [3.05, 3.63) is 70.6 Å². The lowest BCUT2D eigenvalue weighted by molar-refractivity contribution is -0.115. The van der Waals surface area contributed by atoms with E-state index >= 15 is 0 Å². The van der Waals surface area contributed by atoms with E-state index in [0.29, 0.717) is 29.5 Å². The number of halogens is 4. The molecule has 9 heteroatoms. The van der Waals surface area contributed by atoms with Gasteiger partial charge in [0.2, 0.25) is 5.91 Å². The number of hydrogen-bond acceptors (Lipinski definition) is 4. The highest BCUT2D eigenvalue weighted by Crippen LogP contribution is 2.30. The van der Waals surface area contributed by atoms with Gasteiger partial charge in [0, 0.05) is 11.1 Å². The highest BCUT2D eigenvalue weighted by atomic mass is 19.2. The molecule has 3 aromatic rings. The molecular formula is C28H29F4N3O2. The fourth-order valence-corrected chi connectivity index (χ4v) is 4.76. The number of benzene rings is 2. The molecule has 0 spiro atoms. The number of aromatic nitrogens is 2. The molecule has 37 heavy (non-hydrogen) atoms. The number of hydrogen-bond donors (Lipinski definition) is 1. The van der Waals surface area contributed by atoms with Crippen LogP contribution in [-0.4, -0.2) is 23.0 Å². The highest BCUT2D eigenvalue weighted by molar-refractivity contribution is 5.92. The summed E-state index contributed by atoms with van der Waals surface area (Å²) in [5.41, 5.74) is 1.01. The first-order valence-corrected chi connectivity index (χ1v) is 12.4. The average Bonchev–Trinajstić information content (AvgIpc) is 2.93. The fourth-order valence-electron chi connectivity index (χ4n) is 4.76. The van der Waals surface area contributed by atoms with Gasteiger partial charge in [-0.3, -0.25) is 4.79 Å². The van der Waals surface area contributed by atoms with Gasteiger partial charge in [0.1, 0.15) is 5.75 Å². The molecule has 1 aliphatic rings. The van der Waals surface area contributed by atoms with Crippen LogP contribution in [0, 0.1) is 36.1 Å². The molecular weight excluding hydrogens is 486 g/mol. The first kappa shape index (κ1) is 26.6. The maximum absolute atomic E-state index is 14.3. The minimum absolute atomic E-state index is 0.208. The summed E-state index contributed by atoms with van der Waals surface area (Å²) in [5.74, 6) is -6.20. The fraction of sp³-hybridized carbons (Fsp3) is 0.393. The summed E-state index contributed by atoms with van der Waals surface area (Å²) in [6, 6.07) is 7.34. The van der Waals surface area contributed by atoms with Crippen LogP contribution >= 0.6 is 0 Å². The lowest BCUT2D eigenvalue weighted by Gasteiger charge is -2.21. The predicted octanol–water partition coefficient (Wildman–Crippen LogP) is 6.71. The quantitative estimate of drug-likeness (QED) is 0.206. The van der Waals surface area contributed by atoms with E-state index in [9.17, 15) is 22.4 Å². The van der Waals surface area contributed by atoms with E-state index in [1.807, 2.05) is 24.3 Å². The Kier molecular flexibility index (Phi) is 8.41. The van der Waals surface area contributed by atoms with Crippen LogP contribution in [0.3, 0.4) is 0 Å². The summed E-state index contributed by atoms with van der Waals surface area (Å²) < 4.78 is 60.7. The van der Waals surface area contributed by atoms with Gasteiger partial charge in [-0.05, 0) is 55.5 Å². The minimum Gasteiger partial charge on any atom is -0.497 e. The number of nitrogens with one attached hydrogen (secondary N) is 1. The molecule has 0 aliphatic heterocycles. The van der Waals surface area contributed by atoms with Crippen molar-refractivity contribution in [2.24, 2.45) is 5.92 Å². The van der Waals surface area contributed by atoms with Crippen molar-refractivity contribution in [2.75, 3.05) is 12.4 Å². The van der Waals surface area contributed by atoms with E-state index in [-0.39, 0.29) is 5.82 Å². The summed E-state index contributed by atoms with van der Waals surface area (Å²) in [5, 5.41) is 2.61. The lowest BCUT2D eigenvalue weighted by atomic mass is 9.86. The second-order valence-corrected chi connectivity index (χ2v) is 9.41. The normalized spacial score (nSPS) is 14.0. The Bertz CT molecular complexity index is 1250. The molecule has 5 nitrogen and oxygen atoms in total. The Morgan fingerprint density at radius 1 is 1.00 bits per heavy atom. The van der Waals surface area contributed by atoms with Gasteiger partial charge in [-0.2, -0.15) is 0 Å². The molecule has 196 valence electrons. The minimum atomic E-state index is -1.94. The Hall–Kier alpha value is -3.49. The first-order chi connectivity index (χ1) is 17.8. The smallest absolute Gasteiger partial charge is 0.230 e. The third-order valence-corrected chi connectivity index (χ3v) is 6.96. The van der Waals surface area contributed by atoms with Crippen LogP contribution < -0.4 is 10.1 Å². The van der Waals surface area contributed by atoms with Gasteiger partial charge in [-0.1, -0.05) is 32.1 Å². The number of amides is 1. The maximum Gasteiger partial charge on any atom is 0.230 e. The molecule has 0 atom stereocenters. The van der Waals surface area contributed by atoms with Crippen LogP contribution in [0.2, 0.25) is 0 Å². The van der Waals surface area contributed by atoms with Crippen LogP contribution in [0.15, 0.2) is 30.5 Å². The number of methoxy groups -OCH3 is 1. The maximum atomic E-state index is 14.3. The van der Waals surface area contributed by atoms with Gasteiger partial charge in [0.25, 0.3) is 0 Å². The molecule has 0 unspecified atom stereocenters. The van der Waals surface area contributed by atoms with E-state index in [2.05, 4.69) is 10.3 Å². The van der Waals surface area contributed by atoms with Gasteiger partial charge in [0.05, 0.1) is 31.1 Å². The molecule has 1 saturated carbocycles. The first-order valence-electron chi connectivity index (χ1n) is 12.4. The van der Waals surface area contributed by atoms with E-state index in [1.165, 1.54) is 25.5 Å². The van der Waals surface area contributed by atoms with Gasteiger partial charge < -0.3 is 10.1 Å². The number of aryl methyl sites for hydroxylation is 1. The zero-order valence-electron chi connectivity index (χ0n) is 20.8. The van der Waals surface area contributed by atoms with Crippen LogP contribution in [0.5, 0.6) is 5.75 Å². The SMILES string of the molecule is COc1ccc(-c2cnc(NC(=O)Cc3c(C)c(F)c(F)c(F)c3F)c(CCC3CCCCC3)n2)cc1. The summed E-state index contributed by atoms with van der Waals surface area (Å²) in [6.07, 6.45) is 8.21. The Morgan fingerprint density at radius 2 is 1.68 bits per heavy atom. The topological polar surface area (TPSA) is 64.1 Å². The highest BCUT2D eigenvalue weighted by Gasteiger charge is 2.25. The van der Waals surface area contributed by atoms with Gasteiger partial charge in [-0.15, -0.1) is 0 Å². The molecule has 0 bridgehead atoms. The summed E-state index contributed by atoms with van der Waals surface area (Å²) in [6.45, 7) is 1.10. The largest absolute Gasteiger partial charge is 0.497 e. The van der Waals surface area contributed by atoms with E-state index in [0.717, 1.165) is 31.7 Å². The molecule has 1 aliphatic carbocycles. The van der Waals surface area contributed by atoms with Gasteiger partial charge in [0.15, 0.2) is 29.1 Å². The molecule has 1 fully saturated rings. The lowest BCUT2D eigenvalue weighted by Crippen LogP contribution is -2.20. The van der Waals surface area contributed by atoms with Crippen molar-refractivity contribution in [1.29, 1.82) is 0 Å². The number of carbonyl (C=O) groups is 1. The van der Waals surface area contributed by atoms with Crippen molar-refractivity contribution in [1.82, 2.24) is 9.97 Å². The number of anilines is 1. The van der Waals surface area contributed by atoms with E-state index in [4.69, 9.17) is 9.72 Å². The molecule has 0 saturated heterocycles. The molecule has 1 amide bonds. The molecule has 0 radical (unpaired) electrons. The molecule has 1 aromatic heterocycles. The van der Waals surface area contributed by atoms with Crippen molar-refractivity contribution in [3.63, 3.8) is 0 Å². The average molecular weight is 516 g/mol. The number of rotatable bonds is 8. The predicted molar refractivity (Wildman–Crippen MR) is 132 cm³/mol. The van der Waals surface area contributed by atoms with Crippen LogP contribution in [-0.2, 0) is 17.6 Å². The molecule has 2 aromatic carbocycles. The zero-order chi connectivity index (χ0) is 26.5. The van der Waals surface area contributed by atoms with Gasteiger partial charge >= 0.3 is 0 Å². The van der Waals surface area contributed by atoms with Crippen LogP contribution in [0.4, 0.5) is 23.4 Å². The summed E-state index contributed by atoms with van der Waals surface area (Å²) in [7, 11) is 1.58. The monoisotopic (exact) mass is 515 g/mol. The van der Waals surface area contributed by atoms with Crippen molar-refractivity contribution >= 4 is 11.7 Å². The number of carbonyl (C=O) groups excluding carboxylic acids is 1. The van der Waals surface area contributed by atoms with Crippen molar-refractivity contribution in [3.8, 4) is 17.0 Å².